The predicted octanol–water partition coefficient (Wildman–Crippen LogP) is 2.95. The Morgan fingerprint density at radius 1 is 1.03 bits per heavy atom. The number of carbonyl (C=O) groups is 2. The van der Waals surface area contributed by atoms with E-state index >= 15 is 0 Å². The Bertz CT molecular complexity index is 1070. The second-order valence-electron chi connectivity index (χ2n) is 7.86. The van der Waals surface area contributed by atoms with Crippen LogP contribution in [0.4, 0.5) is 0 Å². The van der Waals surface area contributed by atoms with E-state index < -0.39 is 27.9 Å². The molecule has 2 aromatic carbocycles. The molecule has 1 unspecified atom stereocenters. The third kappa shape index (κ3) is 8.06. The van der Waals surface area contributed by atoms with Gasteiger partial charge in [-0.3, -0.25) is 20.4 Å². The van der Waals surface area contributed by atoms with E-state index in [1.54, 1.807) is 50.2 Å². The summed E-state index contributed by atoms with van der Waals surface area (Å²) < 4.78 is 33.9. The van der Waals surface area contributed by atoms with Crippen molar-refractivity contribution in [1.82, 2.24) is 15.6 Å². The quantitative estimate of drug-likeness (QED) is 0.439. The number of carbonyl (C=O) groups excluding carboxylic acids is 2. The van der Waals surface area contributed by atoms with E-state index in [2.05, 4.69) is 15.6 Å². The summed E-state index contributed by atoms with van der Waals surface area (Å²) in [5, 5.41) is 0. The maximum absolute atomic E-state index is 13.0. The Morgan fingerprint density at radius 3 is 2.30 bits per heavy atom. The van der Waals surface area contributed by atoms with Crippen molar-refractivity contribution in [2.75, 3.05) is 12.0 Å². The lowest BCUT2D eigenvalue weighted by atomic mass is 10.2. The van der Waals surface area contributed by atoms with E-state index in [1.165, 1.54) is 11.8 Å². The van der Waals surface area contributed by atoms with E-state index in [1.807, 2.05) is 26.2 Å². The number of amides is 2. The minimum absolute atomic E-state index is 0.00884. The summed E-state index contributed by atoms with van der Waals surface area (Å²) in [4.78, 5) is 25.3. The molecule has 180 valence electrons. The van der Waals surface area contributed by atoms with Crippen LogP contribution in [-0.2, 0) is 14.8 Å². The van der Waals surface area contributed by atoms with Crippen molar-refractivity contribution in [2.24, 2.45) is 0 Å². The Kier molecular flexibility index (Phi) is 9.75. The van der Waals surface area contributed by atoms with Crippen molar-refractivity contribution < 1.29 is 22.7 Å². The van der Waals surface area contributed by atoms with Gasteiger partial charge in [0.15, 0.2) is 0 Å². The number of hydrazine groups is 1. The van der Waals surface area contributed by atoms with E-state index in [0.717, 1.165) is 5.56 Å². The molecule has 33 heavy (non-hydrogen) atoms. The third-order valence-electron chi connectivity index (χ3n) is 4.65. The highest BCUT2D eigenvalue weighted by molar-refractivity contribution is 7.98. The number of sulfonamides is 1. The van der Waals surface area contributed by atoms with Crippen molar-refractivity contribution in [3.63, 3.8) is 0 Å². The molecule has 0 heterocycles. The number of hydrogen-bond acceptors (Lipinski definition) is 6. The van der Waals surface area contributed by atoms with Gasteiger partial charge in [-0.05, 0) is 87.6 Å². The molecule has 0 aromatic heterocycles. The molecule has 10 heteroatoms. The number of aryl methyl sites for hydroxylation is 2. The zero-order valence-electron chi connectivity index (χ0n) is 19.5. The lowest BCUT2D eigenvalue weighted by molar-refractivity contribution is -0.123. The van der Waals surface area contributed by atoms with Crippen molar-refractivity contribution in [3.8, 4) is 5.75 Å². The van der Waals surface area contributed by atoms with Gasteiger partial charge in [0.1, 0.15) is 11.8 Å². The fraction of sp³-hybridized carbons (Fsp3) is 0.391. The van der Waals surface area contributed by atoms with Crippen LogP contribution in [0.5, 0.6) is 5.75 Å². The smallest absolute Gasteiger partial charge is 0.269 e. The van der Waals surface area contributed by atoms with Crippen LogP contribution in [0.2, 0.25) is 0 Å². The normalized spacial score (nSPS) is 12.3. The SMILES string of the molecule is CSCCC(NS(=O)(=O)c1cc(C)ccc1C)C(=O)NNC(=O)c1ccc(OC(C)C)cc1. The molecule has 0 bridgehead atoms. The minimum Gasteiger partial charge on any atom is -0.491 e. The molecule has 8 nitrogen and oxygen atoms in total. The van der Waals surface area contributed by atoms with Gasteiger partial charge in [0.25, 0.3) is 11.8 Å². The van der Waals surface area contributed by atoms with Crippen LogP contribution in [0.3, 0.4) is 0 Å². The maximum atomic E-state index is 13.0. The molecule has 3 N–H and O–H groups in total. The standard InChI is InChI=1S/C23H31N3O5S2/c1-15(2)31-19-10-8-18(9-11-19)22(27)24-25-23(28)20(12-13-32-5)26-33(29,30)21-14-16(3)6-7-17(21)4/h6-11,14-15,20,26H,12-13H2,1-5H3,(H,24,27)(H,25,28). The zero-order valence-corrected chi connectivity index (χ0v) is 21.1. The molecule has 0 saturated carbocycles. The second kappa shape index (κ2) is 12.1. The zero-order chi connectivity index (χ0) is 24.6. The van der Waals surface area contributed by atoms with Crippen LogP contribution in [0.25, 0.3) is 0 Å². The lowest BCUT2D eigenvalue weighted by Crippen LogP contribution is -2.52. The second-order valence-corrected chi connectivity index (χ2v) is 10.5. The Balaban J connectivity index is 2.07. The van der Waals surface area contributed by atoms with Crippen molar-refractivity contribution in [3.05, 3.63) is 59.2 Å². The first-order valence-corrected chi connectivity index (χ1v) is 13.4. The number of ether oxygens (including phenoxy) is 1. The third-order valence-corrected chi connectivity index (χ3v) is 6.90. The number of hydrogen-bond donors (Lipinski definition) is 3. The predicted molar refractivity (Wildman–Crippen MR) is 131 cm³/mol. The maximum Gasteiger partial charge on any atom is 0.269 e. The van der Waals surface area contributed by atoms with Crippen LogP contribution in [-0.4, -0.2) is 44.4 Å². The first-order valence-electron chi connectivity index (χ1n) is 10.5. The van der Waals surface area contributed by atoms with E-state index in [9.17, 15) is 18.0 Å². The van der Waals surface area contributed by atoms with Crippen LogP contribution >= 0.6 is 11.8 Å². The highest BCUT2D eigenvalue weighted by atomic mass is 32.2. The monoisotopic (exact) mass is 493 g/mol. The number of nitrogens with one attached hydrogen (secondary N) is 3. The van der Waals surface area contributed by atoms with Gasteiger partial charge in [0, 0.05) is 5.56 Å². The van der Waals surface area contributed by atoms with Crippen LogP contribution in [0, 0.1) is 13.8 Å². The molecule has 2 amide bonds. The Hall–Kier alpha value is -2.56. The van der Waals surface area contributed by atoms with Crippen LogP contribution in [0.15, 0.2) is 47.4 Å². The molecule has 0 saturated heterocycles. The van der Waals surface area contributed by atoms with Gasteiger partial charge < -0.3 is 4.74 Å². The van der Waals surface area contributed by atoms with Crippen molar-refractivity contribution in [2.45, 2.75) is 51.2 Å². The first-order chi connectivity index (χ1) is 15.5. The summed E-state index contributed by atoms with van der Waals surface area (Å²) in [5.74, 6) is 0.00799. The number of thioether (sulfide) groups is 1. The van der Waals surface area contributed by atoms with E-state index in [-0.39, 0.29) is 17.4 Å². The highest BCUT2D eigenvalue weighted by Crippen LogP contribution is 2.18. The molecule has 2 aromatic rings. The van der Waals surface area contributed by atoms with Crippen LogP contribution in [0.1, 0.15) is 41.8 Å². The average molecular weight is 494 g/mol. The lowest BCUT2D eigenvalue weighted by Gasteiger charge is -2.19. The molecule has 1 atom stereocenters. The summed E-state index contributed by atoms with van der Waals surface area (Å²) in [6.07, 6.45) is 2.13. The molecule has 0 spiro atoms. The minimum atomic E-state index is -3.94. The van der Waals surface area contributed by atoms with Gasteiger partial charge in [-0.1, -0.05) is 12.1 Å². The van der Waals surface area contributed by atoms with Gasteiger partial charge in [0.2, 0.25) is 10.0 Å². The van der Waals surface area contributed by atoms with Gasteiger partial charge in [-0.25, -0.2) is 8.42 Å². The Labute approximate surface area is 199 Å². The largest absolute Gasteiger partial charge is 0.491 e. The van der Waals surface area contributed by atoms with Gasteiger partial charge in [-0.2, -0.15) is 16.5 Å². The summed E-state index contributed by atoms with van der Waals surface area (Å²) in [5.41, 5.74) is 6.37. The summed E-state index contributed by atoms with van der Waals surface area (Å²) in [6, 6.07) is 10.5. The summed E-state index contributed by atoms with van der Waals surface area (Å²) >= 11 is 1.49. The molecular formula is C23H31N3O5S2. The van der Waals surface area contributed by atoms with Crippen LogP contribution < -0.4 is 20.3 Å². The molecule has 0 aliphatic heterocycles. The number of benzene rings is 2. The topological polar surface area (TPSA) is 114 Å². The molecule has 0 aliphatic carbocycles. The molecule has 0 fully saturated rings. The molecule has 2 rings (SSSR count). The molecular weight excluding hydrogens is 462 g/mol. The average Bonchev–Trinajstić information content (AvgIpc) is 2.76. The summed E-state index contributed by atoms with van der Waals surface area (Å²) in [7, 11) is -3.94. The number of rotatable bonds is 10. The van der Waals surface area contributed by atoms with Gasteiger partial charge in [-0.15, -0.1) is 0 Å². The van der Waals surface area contributed by atoms with Gasteiger partial charge in [0.05, 0.1) is 11.0 Å². The first kappa shape index (κ1) is 26.7. The fourth-order valence-corrected chi connectivity index (χ4v) is 4.99. The summed E-state index contributed by atoms with van der Waals surface area (Å²) in [6.45, 7) is 7.30. The Morgan fingerprint density at radius 2 is 1.70 bits per heavy atom. The molecule has 0 radical (unpaired) electrons. The highest BCUT2D eigenvalue weighted by Gasteiger charge is 2.27. The van der Waals surface area contributed by atoms with E-state index in [4.69, 9.17) is 4.74 Å². The van der Waals surface area contributed by atoms with Gasteiger partial charge >= 0.3 is 0 Å². The van der Waals surface area contributed by atoms with Crippen molar-refractivity contribution >= 4 is 33.6 Å². The van der Waals surface area contributed by atoms with E-state index in [0.29, 0.717) is 22.6 Å². The van der Waals surface area contributed by atoms with Crippen molar-refractivity contribution in [1.29, 1.82) is 0 Å². The fourth-order valence-electron chi connectivity index (χ4n) is 2.96. The molecule has 0 aliphatic rings.